The average molecular weight is 130 g/mol. The van der Waals surface area contributed by atoms with Gasteiger partial charge in [-0.1, -0.05) is 0 Å². The van der Waals surface area contributed by atoms with Crippen molar-refractivity contribution in [3.05, 3.63) is 0 Å². The summed E-state index contributed by atoms with van der Waals surface area (Å²) in [5, 5.41) is 8.24. The zero-order valence-electron chi connectivity index (χ0n) is 4.83. The Morgan fingerprint density at radius 3 is 2.44 bits per heavy atom. The molecular weight excluding hydrogens is 124 g/mol. The van der Waals surface area contributed by atoms with E-state index in [1.165, 1.54) is 6.92 Å². The molecule has 50 valence electrons. The van der Waals surface area contributed by atoms with Crippen molar-refractivity contribution >= 4 is 11.9 Å². The summed E-state index contributed by atoms with van der Waals surface area (Å²) in [6, 6.07) is 0. The first-order chi connectivity index (χ1) is 4.13. The number of hydrogen-bond acceptors (Lipinski definition) is 3. The lowest BCUT2D eigenvalue weighted by Gasteiger charge is -2.28. The van der Waals surface area contributed by atoms with Crippen molar-refractivity contribution in [2.75, 3.05) is 0 Å². The standard InChI is InChI=1S/C5H6O4/c1-2-3(4(6)7)9-5(2)8/h2-3H,1H3,(H,6,7)/t2?,3-/m0/s1. The number of carbonyl (C=O) groups is 2. The Balaban J connectivity index is 2.51. The molecule has 0 spiro atoms. The summed E-state index contributed by atoms with van der Waals surface area (Å²) in [6.45, 7) is 1.53. The van der Waals surface area contributed by atoms with Crippen LogP contribution in [0.2, 0.25) is 0 Å². The van der Waals surface area contributed by atoms with E-state index in [2.05, 4.69) is 4.74 Å². The van der Waals surface area contributed by atoms with Gasteiger partial charge in [-0.3, -0.25) is 4.79 Å². The van der Waals surface area contributed by atoms with Crippen molar-refractivity contribution in [3.8, 4) is 0 Å². The summed E-state index contributed by atoms with van der Waals surface area (Å²) >= 11 is 0. The second kappa shape index (κ2) is 1.72. The van der Waals surface area contributed by atoms with Crippen LogP contribution in [-0.2, 0) is 14.3 Å². The maximum Gasteiger partial charge on any atom is 0.345 e. The predicted molar refractivity (Wildman–Crippen MR) is 26.7 cm³/mol. The van der Waals surface area contributed by atoms with Crippen LogP contribution in [0.15, 0.2) is 0 Å². The summed E-state index contributed by atoms with van der Waals surface area (Å²) in [6.07, 6.45) is -0.905. The van der Waals surface area contributed by atoms with Crippen molar-refractivity contribution in [1.82, 2.24) is 0 Å². The number of ether oxygens (including phenoxy) is 1. The highest BCUT2D eigenvalue weighted by atomic mass is 16.6. The molecule has 1 saturated heterocycles. The van der Waals surface area contributed by atoms with Crippen molar-refractivity contribution in [3.63, 3.8) is 0 Å². The van der Waals surface area contributed by atoms with Gasteiger partial charge in [-0.25, -0.2) is 4.79 Å². The first-order valence-electron chi connectivity index (χ1n) is 2.56. The van der Waals surface area contributed by atoms with Gasteiger partial charge in [-0.15, -0.1) is 0 Å². The van der Waals surface area contributed by atoms with Crippen molar-refractivity contribution < 1.29 is 19.4 Å². The Bertz CT molecular complexity index is 162. The molecule has 0 radical (unpaired) electrons. The van der Waals surface area contributed by atoms with Gasteiger partial charge in [0.1, 0.15) is 5.92 Å². The van der Waals surface area contributed by atoms with Gasteiger partial charge in [0.15, 0.2) is 0 Å². The molecular formula is C5H6O4. The highest BCUT2D eigenvalue weighted by Crippen LogP contribution is 2.20. The molecule has 4 nitrogen and oxygen atoms in total. The van der Waals surface area contributed by atoms with Gasteiger partial charge in [-0.2, -0.15) is 0 Å². The predicted octanol–water partition coefficient (Wildman–Crippen LogP) is -0.367. The van der Waals surface area contributed by atoms with E-state index >= 15 is 0 Å². The van der Waals surface area contributed by atoms with E-state index in [1.54, 1.807) is 0 Å². The van der Waals surface area contributed by atoms with Crippen LogP contribution in [0, 0.1) is 5.92 Å². The van der Waals surface area contributed by atoms with Gasteiger partial charge in [0.05, 0.1) is 0 Å². The van der Waals surface area contributed by atoms with Gasteiger partial charge < -0.3 is 9.84 Å². The average Bonchev–Trinajstić information content (AvgIpc) is 1.81. The van der Waals surface area contributed by atoms with Gasteiger partial charge in [0.25, 0.3) is 0 Å². The summed E-state index contributed by atoms with van der Waals surface area (Å²) in [7, 11) is 0. The molecule has 0 bridgehead atoms. The molecule has 1 fully saturated rings. The number of carbonyl (C=O) groups excluding carboxylic acids is 1. The van der Waals surface area contributed by atoms with Crippen LogP contribution in [0.3, 0.4) is 0 Å². The summed E-state index contributed by atoms with van der Waals surface area (Å²) in [5.41, 5.74) is 0. The van der Waals surface area contributed by atoms with Crippen LogP contribution < -0.4 is 0 Å². The van der Waals surface area contributed by atoms with Crippen molar-refractivity contribution in [2.24, 2.45) is 5.92 Å². The molecule has 0 aliphatic carbocycles. The Morgan fingerprint density at radius 2 is 2.33 bits per heavy atom. The fourth-order valence-electron chi connectivity index (χ4n) is 0.650. The van der Waals surface area contributed by atoms with Crippen LogP contribution in [0.4, 0.5) is 0 Å². The lowest BCUT2D eigenvalue weighted by atomic mass is 10.00. The van der Waals surface area contributed by atoms with E-state index in [1.807, 2.05) is 0 Å². The summed E-state index contributed by atoms with van der Waals surface area (Å²) in [4.78, 5) is 20.3. The summed E-state index contributed by atoms with van der Waals surface area (Å²) < 4.78 is 4.27. The maximum atomic E-state index is 10.3. The lowest BCUT2D eigenvalue weighted by Crippen LogP contribution is -2.48. The third-order valence-corrected chi connectivity index (χ3v) is 1.31. The minimum atomic E-state index is -1.07. The van der Waals surface area contributed by atoms with Crippen LogP contribution in [0.5, 0.6) is 0 Å². The molecule has 4 heteroatoms. The molecule has 0 saturated carbocycles. The largest absolute Gasteiger partial charge is 0.478 e. The van der Waals surface area contributed by atoms with E-state index < -0.39 is 24.0 Å². The van der Waals surface area contributed by atoms with Crippen LogP contribution in [-0.4, -0.2) is 23.1 Å². The lowest BCUT2D eigenvalue weighted by molar-refractivity contribution is -0.193. The number of esters is 1. The Kier molecular flexibility index (Phi) is 1.16. The molecule has 0 aromatic heterocycles. The van der Waals surface area contributed by atoms with Crippen LogP contribution in [0.1, 0.15) is 6.92 Å². The highest BCUT2D eigenvalue weighted by molar-refractivity contribution is 5.90. The van der Waals surface area contributed by atoms with Crippen molar-refractivity contribution in [1.29, 1.82) is 0 Å². The fraction of sp³-hybridized carbons (Fsp3) is 0.600. The van der Waals surface area contributed by atoms with E-state index in [0.29, 0.717) is 0 Å². The molecule has 1 aliphatic rings. The van der Waals surface area contributed by atoms with Gasteiger partial charge in [-0.05, 0) is 6.92 Å². The molecule has 0 aromatic carbocycles. The van der Waals surface area contributed by atoms with E-state index in [9.17, 15) is 9.59 Å². The first kappa shape index (κ1) is 6.07. The van der Waals surface area contributed by atoms with Gasteiger partial charge in [0, 0.05) is 0 Å². The smallest absolute Gasteiger partial charge is 0.345 e. The van der Waals surface area contributed by atoms with E-state index in [4.69, 9.17) is 5.11 Å². The molecule has 1 heterocycles. The molecule has 1 rings (SSSR count). The zero-order valence-corrected chi connectivity index (χ0v) is 4.83. The molecule has 2 atom stereocenters. The van der Waals surface area contributed by atoms with E-state index in [0.717, 1.165) is 0 Å². The molecule has 0 amide bonds. The van der Waals surface area contributed by atoms with Crippen molar-refractivity contribution in [2.45, 2.75) is 13.0 Å². The zero-order chi connectivity index (χ0) is 7.02. The van der Waals surface area contributed by atoms with Gasteiger partial charge >= 0.3 is 11.9 Å². The monoisotopic (exact) mass is 130 g/mol. The Hall–Kier alpha value is -1.06. The molecule has 9 heavy (non-hydrogen) atoms. The third-order valence-electron chi connectivity index (χ3n) is 1.31. The highest BCUT2D eigenvalue weighted by Gasteiger charge is 2.43. The maximum absolute atomic E-state index is 10.3. The first-order valence-corrected chi connectivity index (χ1v) is 2.56. The third kappa shape index (κ3) is 0.759. The molecule has 1 aliphatic heterocycles. The normalized spacial score (nSPS) is 32.8. The molecule has 0 aromatic rings. The summed E-state index contributed by atoms with van der Waals surface area (Å²) in [5.74, 6) is -1.97. The second-order valence-corrected chi connectivity index (χ2v) is 1.98. The minimum Gasteiger partial charge on any atom is -0.478 e. The number of carboxylic acid groups (broad SMARTS) is 1. The number of cyclic esters (lactones) is 1. The fourth-order valence-corrected chi connectivity index (χ4v) is 0.650. The number of carboxylic acids is 1. The SMILES string of the molecule is CC1C(=O)O[C@@H]1C(=O)O. The second-order valence-electron chi connectivity index (χ2n) is 1.98. The van der Waals surface area contributed by atoms with Gasteiger partial charge in [0.2, 0.25) is 6.10 Å². The topological polar surface area (TPSA) is 63.6 Å². The minimum absolute atomic E-state index is 0.428. The Morgan fingerprint density at radius 1 is 1.78 bits per heavy atom. The van der Waals surface area contributed by atoms with Crippen LogP contribution >= 0.6 is 0 Å². The van der Waals surface area contributed by atoms with Crippen LogP contribution in [0.25, 0.3) is 0 Å². The quantitative estimate of drug-likeness (QED) is 0.492. The molecule has 1 unspecified atom stereocenters. The Labute approximate surface area is 51.4 Å². The van der Waals surface area contributed by atoms with E-state index in [-0.39, 0.29) is 0 Å². The number of rotatable bonds is 1. The molecule has 1 N–H and O–H groups in total. The number of hydrogen-bond donors (Lipinski definition) is 1. The number of aliphatic carboxylic acids is 1.